The molecule has 3 aromatic carbocycles. The molecule has 0 fully saturated rings. The summed E-state index contributed by atoms with van der Waals surface area (Å²) in [6, 6.07) is 18.0. The predicted octanol–water partition coefficient (Wildman–Crippen LogP) is 5.00. The molecule has 1 aliphatic heterocycles. The van der Waals surface area contributed by atoms with E-state index in [1.165, 1.54) is 18.2 Å². The van der Waals surface area contributed by atoms with Crippen molar-refractivity contribution >= 4 is 22.5 Å². The lowest BCUT2D eigenvalue weighted by Gasteiger charge is -2.35. The molecule has 32 heavy (non-hydrogen) atoms. The number of aromatic hydroxyl groups is 2. The molecule has 1 atom stereocenters. The van der Waals surface area contributed by atoms with Crippen LogP contribution < -0.4 is 4.90 Å². The van der Waals surface area contributed by atoms with E-state index >= 15 is 0 Å². The number of carbonyl (C=O) groups excluding carboxylic acids is 1. The number of amides is 1. The van der Waals surface area contributed by atoms with Crippen LogP contribution in [0.25, 0.3) is 22.2 Å². The number of benzene rings is 3. The van der Waals surface area contributed by atoms with Crippen LogP contribution in [-0.4, -0.2) is 32.1 Å². The normalized spacial score (nSPS) is 15.6. The second-order valence-electron chi connectivity index (χ2n) is 8.24. The molecule has 2 heterocycles. The fourth-order valence-electron chi connectivity index (χ4n) is 4.45. The maximum Gasteiger partial charge on any atom is 0.262 e. The number of anilines is 1. The van der Waals surface area contributed by atoms with Gasteiger partial charge in [-0.3, -0.25) is 4.79 Å². The highest BCUT2D eigenvalue weighted by molar-refractivity contribution is 6.09. The first kappa shape index (κ1) is 20.0. The number of rotatable bonds is 2. The lowest BCUT2D eigenvalue weighted by Crippen LogP contribution is -2.42. The summed E-state index contributed by atoms with van der Waals surface area (Å²) < 4.78 is 0. The quantitative estimate of drug-likeness (QED) is 0.472. The van der Waals surface area contributed by atoms with Gasteiger partial charge in [0.1, 0.15) is 17.3 Å². The van der Waals surface area contributed by atoms with Gasteiger partial charge in [0.25, 0.3) is 5.91 Å². The average Bonchev–Trinajstić information content (AvgIpc) is 2.77. The van der Waals surface area contributed by atoms with Crippen LogP contribution in [0.5, 0.6) is 11.5 Å². The molecule has 2 N–H and O–H groups in total. The minimum atomic E-state index is -0.285. The average molecular weight is 425 g/mol. The fraction of sp³-hybridized carbons (Fsp3) is 0.192. The van der Waals surface area contributed by atoms with Crippen molar-refractivity contribution in [2.24, 2.45) is 0 Å². The number of para-hydroxylation sites is 1. The number of hydrogen-bond donors (Lipinski definition) is 2. The molecule has 4 aromatic rings. The first-order valence-electron chi connectivity index (χ1n) is 10.6. The van der Waals surface area contributed by atoms with E-state index in [1.54, 1.807) is 4.90 Å². The highest BCUT2D eigenvalue weighted by Gasteiger charge is 2.30. The molecule has 0 radical (unpaired) electrons. The molecule has 0 aliphatic carbocycles. The maximum atomic E-state index is 13.3. The Labute approximate surface area is 185 Å². The summed E-state index contributed by atoms with van der Waals surface area (Å²) in [5.41, 5.74) is 4.83. The second kappa shape index (κ2) is 7.64. The van der Waals surface area contributed by atoms with E-state index in [2.05, 4.69) is 11.1 Å². The minimum Gasteiger partial charge on any atom is -0.508 e. The van der Waals surface area contributed by atoms with Crippen LogP contribution in [0.4, 0.5) is 5.69 Å². The number of fused-ring (bicyclic) bond motifs is 2. The Hall–Kier alpha value is -3.93. The lowest BCUT2D eigenvalue weighted by molar-refractivity contribution is 0.0972. The molecule has 6 heteroatoms. The zero-order valence-electron chi connectivity index (χ0n) is 17.9. The van der Waals surface area contributed by atoms with Crippen LogP contribution in [0.2, 0.25) is 0 Å². The zero-order valence-corrected chi connectivity index (χ0v) is 17.9. The van der Waals surface area contributed by atoms with Crippen LogP contribution in [0.15, 0.2) is 60.7 Å². The number of carbonyl (C=O) groups is 1. The molecule has 0 saturated heterocycles. The summed E-state index contributed by atoms with van der Waals surface area (Å²) >= 11 is 0. The SMILES string of the molecule is Cc1nc(-c2ccc3c(c2)CC[C@H](C)N3C(=O)c2ccc(O)cc2O)c2ccccc2n1. The van der Waals surface area contributed by atoms with E-state index in [0.717, 1.165) is 46.3 Å². The molecule has 1 aromatic heterocycles. The van der Waals surface area contributed by atoms with Crippen molar-refractivity contribution in [2.75, 3.05) is 4.90 Å². The van der Waals surface area contributed by atoms with E-state index < -0.39 is 0 Å². The third-order valence-electron chi connectivity index (χ3n) is 6.03. The molecule has 5 rings (SSSR count). The molecule has 0 saturated carbocycles. The van der Waals surface area contributed by atoms with Crippen molar-refractivity contribution < 1.29 is 15.0 Å². The van der Waals surface area contributed by atoms with Gasteiger partial charge in [0.05, 0.1) is 16.8 Å². The minimum absolute atomic E-state index is 0.0174. The number of aryl methyl sites for hydroxylation is 2. The topological polar surface area (TPSA) is 86.6 Å². The third-order valence-corrected chi connectivity index (χ3v) is 6.03. The van der Waals surface area contributed by atoms with Crippen molar-refractivity contribution in [3.63, 3.8) is 0 Å². The third kappa shape index (κ3) is 3.34. The summed E-state index contributed by atoms with van der Waals surface area (Å²) in [5.74, 6) is 0.119. The van der Waals surface area contributed by atoms with Crippen LogP contribution in [0.1, 0.15) is 35.1 Å². The van der Waals surface area contributed by atoms with E-state index in [9.17, 15) is 15.0 Å². The molecule has 0 bridgehead atoms. The Balaban J connectivity index is 1.60. The molecular formula is C26H23N3O3. The largest absolute Gasteiger partial charge is 0.508 e. The van der Waals surface area contributed by atoms with Gasteiger partial charge in [0.2, 0.25) is 0 Å². The van der Waals surface area contributed by atoms with Gasteiger partial charge in [-0.05, 0) is 62.6 Å². The molecule has 0 unspecified atom stereocenters. The second-order valence-corrected chi connectivity index (χ2v) is 8.24. The van der Waals surface area contributed by atoms with E-state index in [0.29, 0.717) is 5.82 Å². The van der Waals surface area contributed by atoms with E-state index in [1.807, 2.05) is 50.2 Å². The van der Waals surface area contributed by atoms with Crippen molar-refractivity contribution in [1.82, 2.24) is 9.97 Å². The van der Waals surface area contributed by atoms with Crippen LogP contribution in [0, 0.1) is 6.92 Å². The van der Waals surface area contributed by atoms with Gasteiger partial charge >= 0.3 is 0 Å². The number of phenols is 2. The number of nitrogens with zero attached hydrogens (tertiary/aromatic N) is 3. The van der Waals surface area contributed by atoms with E-state index in [4.69, 9.17) is 4.98 Å². The molecule has 160 valence electrons. The fourth-order valence-corrected chi connectivity index (χ4v) is 4.45. The monoisotopic (exact) mass is 425 g/mol. The summed E-state index contributed by atoms with van der Waals surface area (Å²) in [5, 5.41) is 20.8. The lowest BCUT2D eigenvalue weighted by atomic mass is 9.92. The Bertz CT molecular complexity index is 1370. The summed E-state index contributed by atoms with van der Waals surface area (Å²) in [4.78, 5) is 24.3. The Morgan fingerprint density at radius 2 is 1.84 bits per heavy atom. The summed E-state index contributed by atoms with van der Waals surface area (Å²) in [7, 11) is 0. The van der Waals surface area contributed by atoms with Crippen molar-refractivity contribution in [2.45, 2.75) is 32.7 Å². The Morgan fingerprint density at radius 3 is 2.66 bits per heavy atom. The molecule has 1 amide bonds. The molecule has 6 nitrogen and oxygen atoms in total. The Morgan fingerprint density at radius 1 is 1.03 bits per heavy atom. The van der Waals surface area contributed by atoms with Crippen LogP contribution in [-0.2, 0) is 6.42 Å². The maximum absolute atomic E-state index is 13.3. The van der Waals surface area contributed by atoms with Gasteiger partial charge in [-0.2, -0.15) is 0 Å². The molecular weight excluding hydrogens is 402 g/mol. The first-order chi connectivity index (χ1) is 15.4. The van der Waals surface area contributed by atoms with Gasteiger partial charge in [0.15, 0.2) is 0 Å². The highest BCUT2D eigenvalue weighted by atomic mass is 16.3. The van der Waals surface area contributed by atoms with Gasteiger partial charge in [0, 0.05) is 28.7 Å². The van der Waals surface area contributed by atoms with E-state index in [-0.39, 0.29) is 29.0 Å². The van der Waals surface area contributed by atoms with Gasteiger partial charge in [-0.25, -0.2) is 9.97 Å². The zero-order chi connectivity index (χ0) is 22.4. The van der Waals surface area contributed by atoms with Crippen LogP contribution >= 0.6 is 0 Å². The number of aromatic nitrogens is 2. The predicted molar refractivity (Wildman–Crippen MR) is 124 cm³/mol. The van der Waals surface area contributed by atoms with Crippen molar-refractivity contribution in [3.05, 3.63) is 77.6 Å². The van der Waals surface area contributed by atoms with Crippen molar-refractivity contribution in [3.8, 4) is 22.8 Å². The Kier molecular flexibility index (Phi) is 4.78. The summed E-state index contributed by atoms with van der Waals surface area (Å²) in [6.45, 7) is 3.90. The molecule has 0 spiro atoms. The molecule has 1 aliphatic rings. The highest BCUT2D eigenvalue weighted by Crippen LogP contribution is 2.37. The number of hydrogen-bond acceptors (Lipinski definition) is 5. The summed E-state index contributed by atoms with van der Waals surface area (Å²) in [6.07, 6.45) is 1.66. The standard InChI is InChI=1S/C26H23N3O3/c1-15-7-8-17-13-18(25-20-5-3-4-6-22(20)27-16(2)28-25)9-12-23(17)29(15)26(32)21-11-10-19(30)14-24(21)31/h3-6,9-15,30-31H,7-8H2,1-2H3/t15-/m0/s1. The van der Waals surface area contributed by atoms with Gasteiger partial charge in [-0.15, -0.1) is 0 Å². The van der Waals surface area contributed by atoms with Gasteiger partial charge < -0.3 is 15.1 Å². The van der Waals surface area contributed by atoms with Gasteiger partial charge in [-0.1, -0.05) is 24.3 Å². The first-order valence-corrected chi connectivity index (χ1v) is 10.6. The number of phenolic OH excluding ortho intramolecular Hbond substituents is 2. The smallest absolute Gasteiger partial charge is 0.262 e. The van der Waals surface area contributed by atoms with Crippen LogP contribution in [0.3, 0.4) is 0 Å². The van der Waals surface area contributed by atoms with Crippen molar-refractivity contribution in [1.29, 1.82) is 0 Å².